The first-order chi connectivity index (χ1) is 9.25. The van der Waals surface area contributed by atoms with Crippen molar-refractivity contribution < 1.29 is 0 Å². The number of hydrogen-bond acceptors (Lipinski definition) is 2. The molecule has 1 aliphatic carbocycles. The quantitative estimate of drug-likeness (QED) is 0.878. The van der Waals surface area contributed by atoms with Crippen LogP contribution in [0.5, 0.6) is 0 Å². The van der Waals surface area contributed by atoms with Crippen molar-refractivity contribution in [2.45, 2.75) is 57.5 Å². The Balaban J connectivity index is 1.81. The van der Waals surface area contributed by atoms with Crippen LogP contribution in [0, 0.1) is 0 Å². The number of piperidine rings is 1. The van der Waals surface area contributed by atoms with E-state index in [9.17, 15) is 0 Å². The molecule has 1 aliphatic heterocycles. The second kappa shape index (κ2) is 5.64. The Morgan fingerprint density at radius 1 is 1.16 bits per heavy atom. The summed E-state index contributed by atoms with van der Waals surface area (Å²) in [4.78, 5) is 2.63. The third-order valence-corrected chi connectivity index (χ3v) is 4.95. The molecule has 0 saturated carbocycles. The zero-order valence-corrected chi connectivity index (χ0v) is 12.1. The van der Waals surface area contributed by atoms with Crippen LogP contribution >= 0.6 is 0 Å². The van der Waals surface area contributed by atoms with Gasteiger partial charge in [0.15, 0.2) is 0 Å². The molecule has 1 unspecified atom stereocenters. The standard InChI is InChI=1S/C17H26N2/c1-13(19-10-3-2-4-11-19)14-8-9-16-15(12-14)6-5-7-17(16)18/h8-9,12-13,17H,2-7,10-11,18H2,1H3/t13?,17-/m1/s1. The number of fused-ring (bicyclic) bond motifs is 1. The maximum Gasteiger partial charge on any atom is 0.0319 e. The van der Waals surface area contributed by atoms with Crippen LogP contribution in [0.4, 0.5) is 0 Å². The molecule has 0 amide bonds. The minimum atomic E-state index is 0.267. The third-order valence-electron chi connectivity index (χ3n) is 4.95. The molecule has 1 saturated heterocycles. The first kappa shape index (κ1) is 13.1. The average molecular weight is 258 g/mol. The summed E-state index contributed by atoms with van der Waals surface area (Å²) in [5.74, 6) is 0. The topological polar surface area (TPSA) is 29.3 Å². The summed E-state index contributed by atoms with van der Waals surface area (Å²) in [6, 6.07) is 7.85. The van der Waals surface area contributed by atoms with Gasteiger partial charge in [0.1, 0.15) is 0 Å². The van der Waals surface area contributed by atoms with E-state index in [0.717, 1.165) is 6.42 Å². The van der Waals surface area contributed by atoms with Crippen LogP contribution in [0.2, 0.25) is 0 Å². The van der Waals surface area contributed by atoms with E-state index in [1.54, 1.807) is 0 Å². The average Bonchev–Trinajstić information content (AvgIpc) is 2.47. The summed E-state index contributed by atoms with van der Waals surface area (Å²) >= 11 is 0. The molecule has 104 valence electrons. The number of rotatable bonds is 2. The number of benzene rings is 1. The number of aryl methyl sites for hydroxylation is 1. The molecule has 3 rings (SSSR count). The van der Waals surface area contributed by atoms with Gasteiger partial charge >= 0.3 is 0 Å². The lowest BCUT2D eigenvalue weighted by Crippen LogP contribution is -2.32. The number of nitrogens with zero attached hydrogens (tertiary/aromatic N) is 1. The van der Waals surface area contributed by atoms with Crippen molar-refractivity contribution >= 4 is 0 Å². The van der Waals surface area contributed by atoms with Crippen molar-refractivity contribution in [2.75, 3.05) is 13.1 Å². The molecule has 0 bridgehead atoms. The maximum atomic E-state index is 6.20. The van der Waals surface area contributed by atoms with E-state index in [2.05, 4.69) is 30.0 Å². The monoisotopic (exact) mass is 258 g/mol. The lowest BCUT2D eigenvalue weighted by Gasteiger charge is -2.33. The second-order valence-electron chi connectivity index (χ2n) is 6.23. The fraction of sp³-hybridized carbons (Fsp3) is 0.647. The Hall–Kier alpha value is -0.860. The predicted octanol–water partition coefficient (Wildman–Crippen LogP) is 3.57. The first-order valence-corrected chi connectivity index (χ1v) is 7.88. The zero-order chi connectivity index (χ0) is 13.2. The molecule has 0 spiro atoms. The van der Waals surface area contributed by atoms with Gasteiger partial charge in [-0.25, -0.2) is 0 Å². The van der Waals surface area contributed by atoms with Gasteiger partial charge in [-0.05, 0) is 68.8 Å². The number of hydrogen-bond donors (Lipinski definition) is 1. The molecular weight excluding hydrogens is 232 g/mol. The molecule has 1 heterocycles. The number of likely N-dealkylation sites (tertiary alicyclic amines) is 1. The fourth-order valence-corrected chi connectivity index (χ4v) is 3.65. The molecule has 0 aromatic heterocycles. The van der Waals surface area contributed by atoms with E-state index in [0.29, 0.717) is 6.04 Å². The number of nitrogens with two attached hydrogens (primary N) is 1. The maximum absolute atomic E-state index is 6.20. The molecule has 2 atom stereocenters. The van der Waals surface area contributed by atoms with Crippen LogP contribution in [-0.2, 0) is 6.42 Å². The van der Waals surface area contributed by atoms with Gasteiger partial charge in [0, 0.05) is 12.1 Å². The van der Waals surface area contributed by atoms with Crippen molar-refractivity contribution in [3.05, 3.63) is 34.9 Å². The van der Waals surface area contributed by atoms with Gasteiger partial charge in [-0.3, -0.25) is 4.90 Å². The Labute approximate surface area is 117 Å². The van der Waals surface area contributed by atoms with Crippen LogP contribution in [0.1, 0.15) is 67.8 Å². The van der Waals surface area contributed by atoms with E-state index in [1.807, 2.05) is 0 Å². The van der Waals surface area contributed by atoms with Crippen LogP contribution in [0.15, 0.2) is 18.2 Å². The normalized spacial score (nSPS) is 25.9. The SMILES string of the molecule is CC(c1ccc2c(c1)CCC[C@H]2N)N1CCCCC1. The van der Waals surface area contributed by atoms with Crippen LogP contribution in [0.3, 0.4) is 0 Å². The van der Waals surface area contributed by atoms with E-state index in [4.69, 9.17) is 5.73 Å². The Morgan fingerprint density at radius 3 is 2.74 bits per heavy atom. The summed E-state index contributed by atoms with van der Waals surface area (Å²) in [7, 11) is 0. The molecule has 0 radical (unpaired) electrons. The van der Waals surface area contributed by atoms with Gasteiger partial charge in [-0.15, -0.1) is 0 Å². The van der Waals surface area contributed by atoms with E-state index in [1.165, 1.54) is 61.9 Å². The second-order valence-corrected chi connectivity index (χ2v) is 6.23. The van der Waals surface area contributed by atoms with Crippen LogP contribution in [0.25, 0.3) is 0 Å². The highest BCUT2D eigenvalue weighted by Crippen LogP contribution is 2.32. The van der Waals surface area contributed by atoms with Crippen molar-refractivity contribution in [3.8, 4) is 0 Å². The fourth-order valence-electron chi connectivity index (χ4n) is 3.65. The highest BCUT2D eigenvalue weighted by atomic mass is 15.2. The summed E-state index contributed by atoms with van der Waals surface area (Å²) in [5, 5.41) is 0. The van der Waals surface area contributed by atoms with Crippen molar-refractivity contribution in [1.82, 2.24) is 4.90 Å². The van der Waals surface area contributed by atoms with Crippen LogP contribution in [-0.4, -0.2) is 18.0 Å². The molecule has 2 nitrogen and oxygen atoms in total. The molecule has 1 aromatic carbocycles. The molecule has 2 N–H and O–H groups in total. The molecule has 19 heavy (non-hydrogen) atoms. The van der Waals surface area contributed by atoms with Gasteiger partial charge in [0.2, 0.25) is 0 Å². The van der Waals surface area contributed by atoms with Gasteiger partial charge in [-0.2, -0.15) is 0 Å². The van der Waals surface area contributed by atoms with Gasteiger partial charge in [0.05, 0.1) is 0 Å². The van der Waals surface area contributed by atoms with Crippen LogP contribution < -0.4 is 5.73 Å². The Bertz CT molecular complexity index is 435. The summed E-state index contributed by atoms with van der Waals surface area (Å²) in [5.41, 5.74) is 10.6. The Morgan fingerprint density at radius 2 is 1.95 bits per heavy atom. The van der Waals surface area contributed by atoms with Crippen molar-refractivity contribution in [1.29, 1.82) is 0 Å². The summed E-state index contributed by atoms with van der Waals surface area (Å²) in [6.45, 7) is 4.88. The lowest BCUT2D eigenvalue weighted by molar-refractivity contribution is 0.175. The minimum absolute atomic E-state index is 0.267. The smallest absolute Gasteiger partial charge is 0.0319 e. The van der Waals surface area contributed by atoms with Gasteiger partial charge in [0.25, 0.3) is 0 Å². The highest BCUT2D eigenvalue weighted by Gasteiger charge is 2.21. The summed E-state index contributed by atoms with van der Waals surface area (Å²) in [6.07, 6.45) is 7.73. The van der Waals surface area contributed by atoms with Crippen molar-refractivity contribution in [2.24, 2.45) is 5.73 Å². The summed E-state index contributed by atoms with van der Waals surface area (Å²) < 4.78 is 0. The molecule has 1 aromatic rings. The first-order valence-electron chi connectivity index (χ1n) is 7.88. The molecule has 1 fully saturated rings. The third kappa shape index (κ3) is 2.70. The van der Waals surface area contributed by atoms with E-state index < -0.39 is 0 Å². The van der Waals surface area contributed by atoms with E-state index in [-0.39, 0.29) is 6.04 Å². The highest BCUT2D eigenvalue weighted by molar-refractivity contribution is 5.37. The predicted molar refractivity (Wildman–Crippen MR) is 80.1 cm³/mol. The Kier molecular flexibility index (Phi) is 3.90. The lowest BCUT2D eigenvalue weighted by atomic mass is 9.86. The molecular formula is C17H26N2. The van der Waals surface area contributed by atoms with Crippen molar-refractivity contribution in [3.63, 3.8) is 0 Å². The zero-order valence-electron chi connectivity index (χ0n) is 12.1. The van der Waals surface area contributed by atoms with Gasteiger partial charge < -0.3 is 5.73 Å². The minimum Gasteiger partial charge on any atom is -0.324 e. The van der Waals surface area contributed by atoms with Gasteiger partial charge in [-0.1, -0.05) is 24.6 Å². The largest absolute Gasteiger partial charge is 0.324 e. The van der Waals surface area contributed by atoms with E-state index >= 15 is 0 Å². The molecule has 2 heteroatoms. The molecule has 2 aliphatic rings.